The van der Waals surface area contributed by atoms with E-state index < -0.39 is 0 Å². The van der Waals surface area contributed by atoms with Gasteiger partial charge in [0.15, 0.2) is 0 Å². The average molecular weight is 311 g/mol. The molecule has 21 heavy (non-hydrogen) atoms. The fraction of sp³-hybridized carbons (Fsp3) is 0.647. The van der Waals surface area contributed by atoms with E-state index in [2.05, 4.69) is 17.0 Å². The molecular weight excluding hydrogens is 286 g/mol. The molecular formula is C17H25ClNO2-. The van der Waals surface area contributed by atoms with Gasteiger partial charge in [-0.05, 0) is 68.5 Å². The number of hydrogen-bond donors (Lipinski definition) is 1. The Morgan fingerprint density at radius 2 is 1.81 bits per heavy atom. The zero-order valence-corrected chi connectivity index (χ0v) is 13.3. The molecule has 1 unspecified atom stereocenters. The van der Waals surface area contributed by atoms with Crippen molar-refractivity contribution in [3.05, 3.63) is 29.3 Å². The van der Waals surface area contributed by atoms with Crippen molar-refractivity contribution in [3.63, 3.8) is 0 Å². The van der Waals surface area contributed by atoms with Gasteiger partial charge in [-0.25, -0.2) is 0 Å². The molecule has 3 rings (SSSR count). The first-order valence-electron chi connectivity index (χ1n) is 7.96. The third kappa shape index (κ3) is 4.60. The molecule has 3 nitrogen and oxygen atoms in total. The van der Waals surface area contributed by atoms with Crippen LogP contribution in [0.4, 0.5) is 0 Å². The molecule has 1 aliphatic carbocycles. The highest BCUT2D eigenvalue weighted by molar-refractivity contribution is 5.38. The minimum atomic E-state index is -0.388. The summed E-state index contributed by atoms with van der Waals surface area (Å²) in [6, 6.07) is 6.36. The first-order valence-corrected chi connectivity index (χ1v) is 7.96. The second-order valence-corrected chi connectivity index (χ2v) is 6.11. The molecule has 1 aliphatic heterocycles. The maximum Gasteiger partial charge on any atom is 0.119 e. The monoisotopic (exact) mass is 310 g/mol. The van der Waals surface area contributed by atoms with Crippen molar-refractivity contribution >= 4 is 0 Å². The Morgan fingerprint density at radius 3 is 2.62 bits per heavy atom. The van der Waals surface area contributed by atoms with Crippen LogP contribution in [0, 0.1) is 0 Å². The zero-order valence-electron chi connectivity index (χ0n) is 12.6. The number of benzene rings is 1. The lowest BCUT2D eigenvalue weighted by Gasteiger charge is -2.28. The molecule has 4 heteroatoms. The Hall–Kier alpha value is -0.770. The highest BCUT2D eigenvalue weighted by Crippen LogP contribution is 2.26. The van der Waals surface area contributed by atoms with Crippen molar-refractivity contribution in [1.82, 2.24) is 4.90 Å². The average Bonchev–Trinajstić information content (AvgIpc) is 2.93. The van der Waals surface area contributed by atoms with Crippen molar-refractivity contribution in [2.45, 2.75) is 44.6 Å². The van der Waals surface area contributed by atoms with Crippen molar-refractivity contribution < 1.29 is 22.3 Å². The van der Waals surface area contributed by atoms with Crippen LogP contribution in [0.1, 0.15) is 36.8 Å². The third-order valence-electron chi connectivity index (χ3n) is 4.43. The van der Waals surface area contributed by atoms with E-state index in [-0.39, 0.29) is 18.5 Å². The van der Waals surface area contributed by atoms with Gasteiger partial charge in [0.05, 0.1) is 0 Å². The van der Waals surface area contributed by atoms with Gasteiger partial charge in [0.2, 0.25) is 0 Å². The predicted octanol–water partition coefficient (Wildman–Crippen LogP) is -0.595. The van der Waals surface area contributed by atoms with Gasteiger partial charge in [-0.1, -0.05) is 12.5 Å². The van der Waals surface area contributed by atoms with Crippen LogP contribution in [0.25, 0.3) is 0 Å². The number of aliphatic hydroxyl groups is 1. The summed E-state index contributed by atoms with van der Waals surface area (Å²) in [5, 5.41) is 10.1. The fourth-order valence-corrected chi connectivity index (χ4v) is 3.32. The molecule has 0 radical (unpaired) electrons. The van der Waals surface area contributed by atoms with Crippen LogP contribution in [-0.4, -0.2) is 42.4 Å². The number of hydrogen-bond acceptors (Lipinski definition) is 3. The van der Waals surface area contributed by atoms with Crippen LogP contribution < -0.4 is 17.1 Å². The van der Waals surface area contributed by atoms with Gasteiger partial charge in [0, 0.05) is 6.54 Å². The molecule has 0 bridgehead atoms. The summed E-state index contributed by atoms with van der Waals surface area (Å²) in [6.07, 6.45) is 7.10. The number of aliphatic hydroxyl groups excluding tert-OH is 1. The van der Waals surface area contributed by atoms with Gasteiger partial charge in [-0.2, -0.15) is 0 Å². The van der Waals surface area contributed by atoms with Crippen LogP contribution in [0.5, 0.6) is 5.75 Å². The van der Waals surface area contributed by atoms with E-state index in [4.69, 9.17) is 4.74 Å². The quantitative estimate of drug-likeness (QED) is 0.789. The molecule has 118 valence electrons. The lowest BCUT2D eigenvalue weighted by Crippen LogP contribution is -3.00. The molecule has 2 aliphatic rings. The van der Waals surface area contributed by atoms with E-state index in [0.717, 1.165) is 25.4 Å². The molecule has 1 N–H and O–H groups in total. The number of fused-ring (bicyclic) bond motifs is 1. The number of nitrogens with zero attached hydrogens (tertiary/aromatic N) is 1. The topological polar surface area (TPSA) is 32.7 Å². The molecule has 0 amide bonds. The van der Waals surface area contributed by atoms with Crippen LogP contribution in [-0.2, 0) is 12.8 Å². The summed E-state index contributed by atoms with van der Waals surface area (Å²) < 4.78 is 5.76. The van der Waals surface area contributed by atoms with Crippen molar-refractivity contribution in [2.24, 2.45) is 0 Å². The van der Waals surface area contributed by atoms with E-state index in [9.17, 15) is 5.11 Å². The van der Waals surface area contributed by atoms with Crippen LogP contribution >= 0.6 is 0 Å². The first-order chi connectivity index (χ1) is 9.81. The number of piperidine rings is 1. The van der Waals surface area contributed by atoms with Gasteiger partial charge in [-0.15, -0.1) is 0 Å². The smallest absolute Gasteiger partial charge is 0.119 e. The third-order valence-corrected chi connectivity index (χ3v) is 4.43. The minimum absolute atomic E-state index is 0. The minimum Gasteiger partial charge on any atom is -1.00 e. The second kappa shape index (κ2) is 8.02. The number of halogens is 1. The fourth-order valence-electron chi connectivity index (χ4n) is 3.32. The lowest BCUT2D eigenvalue weighted by atomic mass is 10.1. The van der Waals surface area contributed by atoms with Crippen molar-refractivity contribution in [2.75, 3.05) is 26.2 Å². The van der Waals surface area contributed by atoms with Crippen molar-refractivity contribution in [3.8, 4) is 5.75 Å². The molecule has 1 atom stereocenters. The number of aryl methyl sites for hydroxylation is 2. The van der Waals surface area contributed by atoms with Gasteiger partial charge in [0.25, 0.3) is 0 Å². The molecule has 1 aromatic carbocycles. The Bertz CT molecular complexity index is 446. The maximum atomic E-state index is 10.1. The number of rotatable bonds is 5. The summed E-state index contributed by atoms with van der Waals surface area (Å²) in [4.78, 5) is 2.35. The molecule has 1 aromatic rings. The normalized spacial score (nSPS) is 19.7. The largest absolute Gasteiger partial charge is 1.00 e. The molecule has 0 spiro atoms. The Balaban J connectivity index is 0.00000161. The first kappa shape index (κ1) is 16.6. The molecule has 1 saturated heterocycles. The highest BCUT2D eigenvalue weighted by atomic mass is 35.5. The number of likely N-dealkylation sites (tertiary alicyclic amines) is 1. The van der Waals surface area contributed by atoms with E-state index >= 15 is 0 Å². The summed E-state index contributed by atoms with van der Waals surface area (Å²) in [5.41, 5.74) is 2.89. The van der Waals surface area contributed by atoms with Gasteiger partial charge in [0.1, 0.15) is 18.5 Å². The maximum absolute atomic E-state index is 10.1. The van der Waals surface area contributed by atoms with Gasteiger partial charge >= 0.3 is 0 Å². The summed E-state index contributed by atoms with van der Waals surface area (Å²) in [5.74, 6) is 0.906. The van der Waals surface area contributed by atoms with Crippen LogP contribution in [0.15, 0.2) is 18.2 Å². The van der Waals surface area contributed by atoms with Crippen molar-refractivity contribution in [1.29, 1.82) is 0 Å². The van der Waals surface area contributed by atoms with Crippen LogP contribution in [0.3, 0.4) is 0 Å². The Labute approximate surface area is 133 Å². The van der Waals surface area contributed by atoms with Gasteiger partial charge in [-0.3, -0.25) is 0 Å². The Morgan fingerprint density at radius 1 is 1.05 bits per heavy atom. The van der Waals surface area contributed by atoms with E-state index in [0.29, 0.717) is 6.61 Å². The SMILES string of the molecule is OC(COc1ccc2c(c1)CCC2)CN1CCCCC1.[Cl-]. The van der Waals surface area contributed by atoms with Crippen LogP contribution in [0.2, 0.25) is 0 Å². The molecule has 0 saturated carbocycles. The van der Waals surface area contributed by atoms with E-state index in [1.807, 2.05) is 6.07 Å². The molecule has 1 fully saturated rings. The Kier molecular flexibility index (Phi) is 6.34. The number of β-amino-alcohol motifs (C(OH)–C–C–N with tert-alkyl or cyclic N) is 1. The summed E-state index contributed by atoms with van der Waals surface area (Å²) >= 11 is 0. The summed E-state index contributed by atoms with van der Waals surface area (Å²) in [6.45, 7) is 3.38. The van der Waals surface area contributed by atoms with Gasteiger partial charge < -0.3 is 27.2 Å². The lowest BCUT2D eigenvalue weighted by molar-refractivity contribution is -0.00000648. The zero-order chi connectivity index (χ0) is 13.8. The highest BCUT2D eigenvalue weighted by Gasteiger charge is 2.16. The second-order valence-electron chi connectivity index (χ2n) is 6.11. The summed E-state index contributed by atoms with van der Waals surface area (Å²) in [7, 11) is 0. The molecule has 0 aromatic heterocycles. The predicted molar refractivity (Wildman–Crippen MR) is 80.3 cm³/mol. The standard InChI is InChI=1S/C17H25NO2.ClH/c19-16(12-18-9-2-1-3-10-18)13-20-17-8-7-14-5-4-6-15(14)11-17;/h7-8,11,16,19H,1-6,9-10,12-13H2;1H/p-1. The van der Waals surface area contributed by atoms with E-state index in [1.54, 1.807) is 0 Å². The molecule has 1 heterocycles. The van der Waals surface area contributed by atoms with E-state index in [1.165, 1.54) is 49.7 Å². The number of ether oxygens (including phenoxy) is 1.